The van der Waals surface area contributed by atoms with Gasteiger partial charge in [-0.2, -0.15) is 8.78 Å². The zero-order valence-corrected chi connectivity index (χ0v) is 17.6. The summed E-state index contributed by atoms with van der Waals surface area (Å²) in [6.07, 6.45) is 0. The molecule has 0 saturated heterocycles. The molecular weight excluding hydrogens is 474 g/mol. The Kier molecular flexibility index (Phi) is 7.55. The lowest BCUT2D eigenvalue weighted by Gasteiger charge is -2.12. The third-order valence-electron chi connectivity index (χ3n) is 3.96. The number of nitrogens with one attached hydrogen (secondary N) is 2. The number of anilines is 2. The Morgan fingerprint density at radius 2 is 1.48 bits per heavy atom. The van der Waals surface area contributed by atoms with Crippen molar-refractivity contribution in [1.82, 2.24) is 0 Å². The lowest BCUT2D eigenvalue weighted by Crippen LogP contribution is -2.21. The van der Waals surface area contributed by atoms with Gasteiger partial charge in [0.1, 0.15) is 11.5 Å². The van der Waals surface area contributed by atoms with Gasteiger partial charge in [0.05, 0.1) is 5.56 Å². The van der Waals surface area contributed by atoms with Crippen molar-refractivity contribution in [2.24, 2.45) is 0 Å². The Morgan fingerprint density at radius 1 is 0.871 bits per heavy atom. The molecule has 160 valence electrons. The summed E-state index contributed by atoms with van der Waals surface area (Å²) in [6.45, 7) is -3.22. The van der Waals surface area contributed by atoms with E-state index in [4.69, 9.17) is 4.74 Å². The molecule has 0 fully saturated rings. The molecule has 3 aromatic carbocycles. The van der Waals surface area contributed by atoms with Gasteiger partial charge in [0, 0.05) is 15.8 Å². The molecule has 9 heteroatoms. The van der Waals surface area contributed by atoms with Crippen LogP contribution in [-0.2, 0) is 4.79 Å². The lowest BCUT2D eigenvalue weighted by molar-refractivity contribution is -0.118. The number of carbonyl (C=O) groups is 2. The smallest absolute Gasteiger partial charge is 0.387 e. The Hall–Kier alpha value is -3.46. The summed E-state index contributed by atoms with van der Waals surface area (Å²) in [6, 6.07) is 19.0. The van der Waals surface area contributed by atoms with Crippen LogP contribution < -0.4 is 20.1 Å². The maximum absolute atomic E-state index is 12.6. The molecule has 0 aliphatic rings. The second-order valence-electron chi connectivity index (χ2n) is 6.20. The van der Waals surface area contributed by atoms with E-state index in [0.717, 1.165) is 4.47 Å². The summed E-state index contributed by atoms with van der Waals surface area (Å²) < 4.78 is 35.1. The number of ether oxygens (including phenoxy) is 2. The van der Waals surface area contributed by atoms with Crippen LogP contribution in [0.15, 0.2) is 77.3 Å². The van der Waals surface area contributed by atoms with Gasteiger partial charge in [-0.25, -0.2) is 0 Å². The first kappa shape index (κ1) is 22.2. The van der Waals surface area contributed by atoms with E-state index in [1.54, 1.807) is 48.5 Å². The van der Waals surface area contributed by atoms with Crippen molar-refractivity contribution in [2.75, 3.05) is 17.2 Å². The van der Waals surface area contributed by atoms with Crippen LogP contribution in [-0.4, -0.2) is 25.0 Å². The van der Waals surface area contributed by atoms with Crippen molar-refractivity contribution >= 4 is 39.1 Å². The third kappa shape index (κ3) is 6.78. The van der Waals surface area contributed by atoms with Crippen molar-refractivity contribution in [3.63, 3.8) is 0 Å². The van der Waals surface area contributed by atoms with E-state index < -0.39 is 12.5 Å². The Balaban J connectivity index is 1.60. The fraction of sp³-hybridized carbons (Fsp3) is 0.0909. The third-order valence-corrected chi connectivity index (χ3v) is 4.48. The molecule has 0 aliphatic heterocycles. The normalized spacial score (nSPS) is 10.5. The van der Waals surface area contributed by atoms with Crippen LogP contribution in [0.4, 0.5) is 20.2 Å². The van der Waals surface area contributed by atoms with E-state index in [2.05, 4.69) is 31.3 Å². The number of carbonyl (C=O) groups excluding carboxylic acids is 2. The number of amides is 2. The topological polar surface area (TPSA) is 76.7 Å². The van der Waals surface area contributed by atoms with Gasteiger partial charge in [0.25, 0.3) is 11.8 Å². The number of para-hydroxylation sites is 1. The first-order chi connectivity index (χ1) is 14.9. The monoisotopic (exact) mass is 490 g/mol. The van der Waals surface area contributed by atoms with Gasteiger partial charge in [0.2, 0.25) is 0 Å². The fourth-order valence-electron chi connectivity index (χ4n) is 2.57. The molecule has 0 radical (unpaired) electrons. The predicted molar refractivity (Wildman–Crippen MR) is 116 cm³/mol. The Labute approximate surface area is 185 Å². The molecule has 2 amide bonds. The van der Waals surface area contributed by atoms with Crippen LogP contribution in [0.3, 0.4) is 0 Å². The minimum atomic E-state index is -2.93. The molecule has 0 unspecified atom stereocenters. The van der Waals surface area contributed by atoms with Gasteiger partial charge < -0.3 is 20.1 Å². The standard InChI is InChI=1S/C22H17BrF2N2O4/c23-14-5-7-15(8-6-14)26-20(28)13-30-19-4-2-1-3-18(19)21(29)27-16-9-11-17(12-10-16)31-22(24)25/h1-12,22H,13H2,(H,26,28)(H,27,29). The average molecular weight is 491 g/mol. The molecule has 0 aromatic heterocycles. The zero-order chi connectivity index (χ0) is 22.2. The van der Waals surface area contributed by atoms with Gasteiger partial charge in [-0.05, 0) is 60.7 Å². The second-order valence-corrected chi connectivity index (χ2v) is 7.11. The second kappa shape index (κ2) is 10.5. The summed E-state index contributed by atoms with van der Waals surface area (Å²) in [5, 5.41) is 5.34. The van der Waals surface area contributed by atoms with Gasteiger partial charge >= 0.3 is 6.61 Å². The highest BCUT2D eigenvalue weighted by molar-refractivity contribution is 9.10. The molecule has 0 spiro atoms. The van der Waals surface area contributed by atoms with Crippen LogP contribution in [0.2, 0.25) is 0 Å². The van der Waals surface area contributed by atoms with E-state index in [1.165, 1.54) is 24.3 Å². The quantitative estimate of drug-likeness (QED) is 0.447. The Bertz CT molecular complexity index is 1040. The first-order valence-electron chi connectivity index (χ1n) is 9.04. The maximum Gasteiger partial charge on any atom is 0.387 e. The minimum absolute atomic E-state index is 0.0199. The molecule has 0 aliphatic carbocycles. The number of hydrogen-bond donors (Lipinski definition) is 2. The largest absolute Gasteiger partial charge is 0.483 e. The number of hydrogen-bond acceptors (Lipinski definition) is 4. The summed E-state index contributed by atoms with van der Waals surface area (Å²) >= 11 is 3.32. The SMILES string of the molecule is O=C(COc1ccccc1C(=O)Nc1ccc(OC(F)F)cc1)Nc1ccc(Br)cc1. The van der Waals surface area contributed by atoms with Gasteiger partial charge in [-0.3, -0.25) is 9.59 Å². The number of rotatable bonds is 8. The van der Waals surface area contributed by atoms with E-state index in [0.29, 0.717) is 11.4 Å². The predicted octanol–water partition coefficient (Wildman–Crippen LogP) is 5.32. The summed E-state index contributed by atoms with van der Waals surface area (Å²) in [5.41, 5.74) is 1.21. The summed E-state index contributed by atoms with van der Waals surface area (Å²) in [5.74, 6) is -0.657. The van der Waals surface area contributed by atoms with E-state index in [-0.39, 0.29) is 29.6 Å². The zero-order valence-electron chi connectivity index (χ0n) is 16.0. The van der Waals surface area contributed by atoms with E-state index in [1.807, 2.05) is 0 Å². The van der Waals surface area contributed by atoms with Crippen LogP contribution >= 0.6 is 15.9 Å². The molecule has 2 N–H and O–H groups in total. The van der Waals surface area contributed by atoms with Crippen LogP contribution in [0.5, 0.6) is 11.5 Å². The Morgan fingerprint density at radius 3 is 2.16 bits per heavy atom. The van der Waals surface area contributed by atoms with Crippen LogP contribution in [0.25, 0.3) is 0 Å². The van der Waals surface area contributed by atoms with Crippen LogP contribution in [0, 0.1) is 0 Å². The summed E-state index contributed by atoms with van der Waals surface area (Å²) in [7, 11) is 0. The maximum atomic E-state index is 12.6. The van der Waals surface area contributed by atoms with Gasteiger partial charge in [0.15, 0.2) is 6.61 Å². The van der Waals surface area contributed by atoms with E-state index in [9.17, 15) is 18.4 Å². The number of halogens is 3. The highest BCUT2D eigenvalue weighted by atomic mass is 79.9. The highest BCUT2D eigenvalue weighted by Gasteiger charge is 2.14. The van der Waals surface area contributed by atoms with Crippen molar-refractivity contribution in [3.05, 3.63) is 82.8 Å². The molecule has 0 bridgehead atoms. The molecule has 6 nitrogen and oxygen atoms in total. The number of benzene rings is 3. The molecule has 0 heterocycles. The van der Waals surface area contributed by atoms with Crippen molar-refractivity contribution in [3.8, 4) is 11.5 Å². The van der Waals surface area contributed by atoms with Crippen molar-refractivity contribution in [2.45, 2.75) is 6.61 Å². The average Bonchev–Trinajstić information content (AvgIpc) is 2.75. The molecule has 3 rings (SSSR count). The van der Waals surface area contributed by atoms with Crippen LogP contribution in [0.1, 0.15) is 10.4 Å². The van der Waals surface area contributed by atoms with E-state index >= 15 is 0 Å². The molecule has 0 saturated carbocycles. The number of alkyl halides is 2. The first-order valence-corrected chi connectivity index (χ1v) is 9.83. The summed E-state index contributed by atoms with van der Waals surface area (Å²) in [4.78, 5) is 24.8. The minimum Gasteiger partial charge on any atom is -0.483 e. The molecule has 3 aromatic rings. The van der Waals surface area contributed by atoms with Gasteiger partial charge in [-0.15, -0.1) is 0 Å². The highest BCUT2D eigenvalue weighted by Crippen LogP contribution is 2.22. The molecular formula is C22H17BrF2N2O4. The fourth-order valence-corrected chi connectivity index (χ4v) is 2.84. The molecule has 31 heavy (non-hydrogen) atoms. The lowest BCUT2D eigenvalue weighted by atomic mass is 10.2. The van der Waals surface area contributed by atoms with Crippen molar-refractivity contribution < 1.29 is 27.8 Å². The molecule has 0 atom stereocenters. The van der Waals surface area contributed by atoms with Crippen molar-refractivity contribution in [1.29, 1.82) is 0 Å². The van der Waals surface area contributed by atoms with Gasteiger partial charge in [-0.1, -0.05) is 28.1 Å².